The highest BCUT2D eigenvalue weighted by Crippen LogP contribution is 2.17. The zero-order valence-corrected chi connectivity index (χ0v) is 13.0. The van der Waals surface area contributed by atoms with Crippen LogP contribution >= 0.6 is 0 Å². The number of carbonyl (C=O) groups excluding carboxylic acids is 2. The van der Waals surface area contributed by atoms with E-state index >= 15 is 0 Å². The number of hydrogen-bond acceptors (Lipinski definition) is 4. The Labute approximate surface area is 130 Å². The van der Waals surface area contributed by atoms with Gasteiger partial charge in [0.05, 0.1) is 12.7 Å². The quantitative estimate of drug-likeness (QED) is 0.870. The van der Waals surface area contributed by atoms with Gasteiger partial charge >= 0.3 is 0 Å². The van der Waals surface area contributed by atoms with E-state index in [1.807, 2.05) is 0 Å². The first-order chi connectivity index (χ1) is 10.6. The van der Waals surface area contributed by atoms with Gasteiger partial charge in [-0.05, 0) is 37.1 Å². The molecule has 2 amide bonds. The number of ether oxygens (including phenoxy) is 2. The van der Waals surface area contributed by atoms with Gasteiger partial charge in [-0.3, -0.25) is 9.59 Å². The fourth-order valence-electron chi connectivity index (χ4n) is 2.21. The Bertz CT molecular complexity index is 509. The molecule has 0 bridgehead atoms. The Morgan fingerprint density at radius 1 is 1.36 bits per heavy atom. The summed E-state index contributed by atoms with van der Waals surface area (Å²) < 4.78 is 10.8. The molecular formula is C16H22N2O4. The third-order valence-electron chi connectivity index (χ3n) is 3.57. The second kappa shape index (κ2) is 7.91. The highest BCUT2D eigenvalue weighted by molar-refractivity contribution is 5.93. The van der Waals surface area contributed by atoms with Gasteiger partial charge in [-0.2, -0.15) is 0 Å². The Balaban J connectivity index is 1.75. The zero-order chi connectivity index (χ0) is 15.9. The van der Waals surface area contributed by atoms with Gasteiger partial charge in [0, 0.05) is 32.0 Å². The predicted octanol–water partition coefficient (Wildman–Crippen LogP) is 1.80. The third-order valence-corrected chi connectivity index (χ3v) is 3.57. The van der Waals surface area contributed by atoms with E-state index in [0.717, 1.165) is 25.1 Å². The van der Waals surface area contributed by atoms with Crippen LogP contribution in [0.3, 0.4) is 0 Å². The molecule has 2 rings (SSSR count). The van der Waals surface area contributed by atoms with Crippen molar-refractivity contribution in [2.24, 2.45) is 0 Å². The maximum Gasteiger partial charge on any atom is 0.250 e. The normalized spacial score (nSPS) is 17.3. The first kappa shape index (κ1) is 16.5. The fraction of sp³-hybridized carbons (Fsp3) is 0.500. The lowest BCUT2D eigenvalue weighted by Crippen LogP contribution is -2.23. The van der Waals surface area contributed by atoms with Crippen LogP contribution in [0, 0.1) is 0 Å². The molecule has 1 aromatic carbocycles. The molecule has 0 aromatic heterocycles. The van der Waals surface area contributed by atoms with E-state index in [1.54, 1.807) is 31.3 Å². The Morgan fingerprint density at radius 2 is 2.09 bits per heavy atom. The average Bonchev–Trinajstić information content (AvgIpc) is 3.00. The lowest BCUT2D eigenvalue weighted by molar-refractivity contribution is -0.121. The summed E-state index contributed by atoms with van der Waals surface area (Å²) >= 11 is 0. The summed E-state index contributed by atoms with van der Waals surface area (Å²) in [7, 11) is 1.70. The van der Waals surface area contributed by atoms with Crippen molar-refractivity contribution < 1.29 is 19.1 Å². The van der Waals surface area contributed by atoms with Crippen molar-refractivity contribution in [2.75, 3.05) is 37.1 Å². The van der Waals surface area contributed by atoms with E-state index in [9.17, 15) is 9.59 Å². The van der Waals surface area contributed by atoms with Gasteiger partial charge in [-0.25, -0.2) is 0 Å². The molecule has 120 valence electrons. The summed E-state index contributed by atoms with van der Waals surface area (Å²) in [6, 6.07) is 7.08. The Morgan fingerprint density at radius 3 is 2.68 bits per heavy atom. The molecule has 1 aromatic rings. The number of anilines is 2. The summed E-state index contributed by atoms with van der Waals surface area (Å²) in [6.45, 7) is 2.74. The molecular weight excluding hydrogens is 284 g/mol. The van der Waals surface area contributed by atoms with Crippen molar-refractivity contribution in [3.8, 4) is 0 Å². The van der Waals surface area contributed by atoms with Crippen LogP contribution in [0.15, 0.2) is 24.3 Å². The topological polar surface area (TPSA) is 67.9 Å². The van der Waals surface area contributed by atoms with Crippen molar-refractivity contribution in [3.05, 3.63) is 24.3 Å². The van der Waals surface area contributed by atoms with Crippen molar-refractivity contribution in [2.45, 2.75) is 25.9 Å². The smallest absolute Gasteiger partial charge is 0.250 e. The van der Waals surface area contributed by atoms with E-state index in [1.165, 1.54) is 11.8 Å². The monoisotopic (exact) mass is 306 g/mol. The molecule has 6 heteroatoms. The van der Waals surface area contributed by atoms with E-state index in [4.69, 9.17) is 9.47 Å². The van der Waals surface area contributed by atoms with Gasteiger partial charge in [0.1, 0.15) is 6.61 Å². The number of nitrogens with zero attached hydrogens (tertiary/aromatic N) is 1. The second-order valence-corrected chi connectivity index (χ2v) is 5.32. The average molecular weight is 306 g/mol. The molecule has 1 unspecified atom stereocenters. The largest absolute Gasteiger partial charge is 0.376 e. The Kier molecular flexibility index (Phi) is 5.91. The van der Waals surface area contributed by atoms with Crippen LogP contribution in [0.4, 0.5) is 11.4 Å². The third kappa shape index (κ3) is 4.82. The number of amides is 2. The minimum absolute atomic E-state index is 0.00889. The van der Waals surface area contributed by atoms with Crippen LogP contribution in [0.2, 0.25) is 0 Å². The van der Waals surface area contributed by atoms with E-state index < -0.39 is 0 Å². The molecule has 1 fully saturated rings. The molecule has 1 heterocycles. The number of rotatable bonds is 6. The summed E-state index contributed by atoms with van der Waals surface area (Å²) in [5.41, 5.74) is 1.45. The second-order valence-electron chi connectivity index (χ2n) is 5.32. The van der Waals surface area contributed by atoms with Gasteiger partial charge in [0.25, 0.3) is 0 Å². The standard InChI is InChI=1S/C16H22N2O4/c1-12(19)18(2)14-7-5-13(6-8-14)17-16(20)11-21-10-15-4-3-9-22-15/h5-8,15H,3-4,9-11H2,1-2H3,(H,17,20). The molecule has 0 aliphatic carbocycles. The number of nitrogens with one attached hydrogen (secondary N) is 1. The predicted molar refractivity (Wildman–Crippen MR) is 83.9 cm³/mol. The minimum atomic E-state index is -0.203. The van der Waals surface area contributed by atoms with Gasteiger partial charge in [0.15, 0.2) is 0 Å². The van der Waals surface area contributed by atoms with Crippen molar-refractivity contribution in [1.29, 1.82) is 0 Å². The molecule has 0 spiro atoms. The van der Waals surface area contributed by atoms with Gasteiger partial charge in [-0.1, -0.05) is 0 Å². The minimum Gasteiger partial charge on any atom is -0.376 e. The molecule has 1 atom stereocenters. The molecule has 22 heavy (non-hydrogen) atoms. The van der Waals surface area contributed by atoms with E-state index in [0.29, 0.717) is 12.3 Å². The number of carbonyl (C=O) groups is 2. The first-order valence-corrected chi connectivity index (χ1v) is 7.40. The molecule has 0 saturated carbocycles. The fourth-order valence-corrected chi connectivity index (χ4v) is 2.21. The van der Waals surface area contributed by atoms with Crippen LogP contribution in [-0.2, 0) is 19.1 Å². The first-order valence-electron chi connectivity index (χ1n) is 7.40. The molecule has 0 radical (unpaired) electrons. The van der Waals surface area contributed by atoms with Crippen LogP contribution < -0.4 is 10.2 Å². The molecule has 6 nitrogen and oxygen atoms in total. The summed E-state index contributed by atoms with van der Waals surface area (Å²) in [5.74, 6) is -0.245. The van der Waals surface area contributed by atoms with E-state index in [2.05, 4.69) is 5.32 Å². The molecule has 1 aliphatic rings. The SMILES string of the molecule is CC(=O)N(C)c1ccc(NC(=O)COCC2CCCO2)cc1. The summed E-state index contributed by atoms with van der Waals surface area (Å²) in [6.07, 6.45) is 2.17. The van der Waals surface area contributed by atoms with Gasteiger partial charge in [-0.15, -0.1) is 0 Å². The maximum atomic E-state index is 11.8. The Hall–Kier alpha value is -1.92. The highest BCUT2D eigenvalue weighted by Gasteiger charge is 2.16. The van der Waals surface area contributed by atoms with Crippen molar-refractivity contribution in [1.82, 2.24) is 0 Å². The number of hydrogen-bond donors (Lipinski definition) is 1. The zero-order valence-electron chi connectivity index (χ0n) is 13.0. The van der Waals surface area contributed by atoms with Crippen LogP contribution in [0.5, 0.6) is 0 Å². The van der Waals surface area contributed by atoms with Crippen LogP contribution in [0.1, 0.15) is 19.8 Å². The van der Waals surface area contributed by atoms with Crippen LogP contribution in [-0.4, -0.2) is 44.8 Å². The highest BCUT2D eigenvalue weighted by atomic mass is 16.5. The molecule has 1 N–H and O–H groups in total. The van der Waals surface area contributed by atoms with Gasteiger partial charge in [0.2, 0.25) is 11.8 Å². The molecule has 1 aliphatic heterocycles. The number of benzene rings is 1. The lowest BCUT2D eigenvalue weighted by Gasteiger charge is -2.15. The maximum absolute atomic E-state index is 11.8. The van der Waals surface area contributed by atoms with E-state index in [-0.39, 0.29) is 24.5 Å². The van der Waals surface area contributed by atoms with Crippen molar-refractivity contribution in [3.63, 3.8) is 0 Å². The van der Waals surface area contributed by atoms with Crippen molar-refractivity contribution >= 4 is 23.2 Å². The summed E-state index contributed by atoms with van der Waals surface area (Å²) in [5, 5.41) is 2.75. The molecule has 1 saturated heterocycles. The van der Waals surface area contributed by atoms with Crippen LogP contribution in [0.25, 0.3) is 0 Å². The lowest BCUT2D eigenvalue weighted by atomic mass is 10.2. The van der Waals surface area contributed by atoms with Gasteiger partial charge < -0.3 is 19.7 Å². The summed E-state index contributed by atoms with van der Waals surface area (Å²) in [4.78, 5) is 24.6.